The van der Waals surface area contributed by atoms with Crippen LogP contribution in [-0.4, -0.2) is 22.6 Å². The highest BCUT2D eigenvalue weighted by Gasteiger charge is 2.39. The average molecular weight is 385 g/mol. The van der Waals surface area contributed by atoms with Crippen molar-refractivity contribution in [3.05, 3.63) is 65.2 Å². The van der Waals surface area contributed by atoms with Gasteiger partial charge in [-0.1, -0.05) is 24.0 Å². The summed E-state index contributed by atoms with van der Waals surface area (Å²) in [6, 6.07) is 13.6. The number of carbonyl (C=O) groups is 2. The van der Waals surface area contributed by atoms with Gasteiger partial charge in [0.2, 0.25) is 5.91 Å². The molecule has 1 aliphatic rings. The molecule has 2 N–H and O–H groups in total. The zero-order valence-corrected chi connectivity index (χ0v) is 15.7. The monoisotopic (exact) mass is 385 g/mol. The number of carboxylic acid groups (broad SMARTS) is 1. The second kappa shape index (κ2) is 8.86. The summed E-state index contributed by atoms with van der Waals surface area (Å²) in [4.78, 5) is 23.3. The van der Waals surface area contributed by atoms with Crippen LogP contribution in [0.15, 0.2) is 58.8 Å². The molecule has 2 aromatic carbocycles. The van der Waals surface area contributed by atoms with Crippen molar-refractivity contribution < 1.29 is 14.7 Å². The van der Waals surface area contributed by atoms with Crippen molar-refractivity contribution in [2.75, 3.05) is 5.32 Å². The molecule has 1 aliphatic heterocycles. The Kier molecular flexibility index (Phi) is 6.06. The van der Waals surface area contributed by atoms with E-state index in [1.165, 1.54) is 12.1 Å². The summed E-state index contributed by atoms with van der Waals surface area (Å²) < 4.78 is 0. The van der Waals surface area contributed by atoms with Crippen LogP contribution in [0.1, 0.15) is 47.2 Å². The Bertz CT molecular complexity index is 1050. The van der Waals surface area contributed by atoms with Crippen LogP contribution in [0.25, 0.3) is 0 Å². The van der Waals surface area contributed by atoms with Crippen LogP contribution in [0, 0.1) is 24.2 Å². The van der Waals surface area contributed by atoms with Crippen molar-refractivity contribution in [2.24, 2.45) is 10.2 Å². The lowest BCUT2D eigenvalue weighted by Gasteiger charge is -2.10. The van der Waals surface area contributed by atoms with Crippen LogP contribution in [0.5, 0.6) is 0 Å². The number of anilines is 1. The molecule has 1 heterocycles. The van der Waals surface area contributed by atoms with Gasteiger partial charge in [0.15, 0.2) is 5.66 Å². The summed E-state index contributed by atoms with van der Waals surface area (Å²) in [5.74, 6) is 7.46. The molecule has 3 rings (SSSR count). The van der Waals surface area contributed by atoms with Crippen LogP contribution < -0.4 is 5.32 Å². The minimum absolute atomic E-state index is 0.137. The quantitative estimate of drug-likeness (QED) is 0.704. The average Bonchev–Trinajstić information content (AvgIpc) is 3.51. The fourth-order valence-corrected chi connectivity index (χ4v) is 2.73. The number of hydrogen-bond acceptors (Lipinski definition) is 4. The predicted molar refractivity (Wildman–Crippen MR) is 109 cm³/mol. The molecule has 0 fully saturated rings. The van der Waals surface area contributed by atoms with E-state index in [1.54, 1.807) is 18.2 Å². The molecule has 0 bridgehead atoms. The van der Waals surface area contributed by atoms with Crippen molar-refractivity contribution in [1.82, 2.24) is 0 Å². The van der Waals surface area contributed by atoms with E-state index in [1.807, 2.05) is 18.2 Å². The van der Waals surface area contributed by atoms with Gasteiger partial charge in [0.05, 0.1) is 11.3 Å². The van der Waals surface area contributed by atoms with E-state index in [2.05, 4.69) is 33.3 Å². The molecule has 0 unspecified atom stereocenters. The normalized spacial score (nSPS) is 12.9. The van der Waals surface area contributed by atoms with Gasteiger partial charge in [-0.05, 0) is 36.4 Å². The minimum Gasteiger partial charge on any atom is -0.478 e. The molecule has 2 aromatic rings. The van der Waals surface area contributed by atoms with E-state index in [0.29, 0.717) is 36.1 Å². The van der Waals surface area contributed by atoms with E-state index < -0.39 is 11.6 Å². The Hall–Kier alpha value is -3.90. The molecule has 0 aromatic heterocycles. The van der Waals surface area contributed by atoms with Gasteiger partial charge in [-0.2, -0.15) is 10.2 Å². The van der Waals surface area contributed by atoms with Gasteiger partial charge in [-0.3, -0.25) is 4.79 Å². The zero-order chi connectivity index (χ0) is 20.7. The third-order valence-corrected chi connectivity index (χ3v) is 4.48. The van der Waals surface area contributed by atoms with Gasteiger partial charge < -0.3 is 10.4 Å². The molecule has 0 saturated heterocycles. The Morgan fingerprint density at radius 3 is 2.41 bits per heavy atom. The number of nitrogens with zero attached hydrogens (tertiary/aromatic N) is 2. The Labute approximate surface area is 169 Å². The summed E-state index contributed by atoms with van der Waals surface area (Å²) in [5, 5.41) is 19.9. The largest absolute Gasteiger partial charge is 0.478 e. The standard InChI is InChI=1S/C23H19N3O3/c1-2-3-15-23(25-26-23)16-14-21(27)24-20-7-5-4-6-18(20)11-8-17-9-12-19(13-10-17)22(28)29/h1,4-7,9-10,12-13H,3,14-16H2,(H,24,27)(H,28,29). The maximum atomic E-state index is 12.3. The summed E-state index contributed by atoms with van der Waals surface area (Å²) in [7, 11) is 0. The number of carbonyl (C=O) groups excluding carboxylic acids is 1. The highest BCUT2D eigenvalue weighted by atomic mass is 16.4. The highest BCUT2D eigenvalue weighted by molar-refractivity contribution is 5.92. The summed E-state index contributed by atoms with van der Waals surface area (Å²) >= 11 is 0. The van der Waals surface area contributed by atoms with Crippen LogP contribution in [0.3, 0.4) is 0 Å². The van der Waals surface area contributed by atoms with Crippen LogP contribution in [0.4, 0.5) is 5.69 Å². The maximum absolute atomic E-state index is 12.3. The van der Waals surface area contributed by atoms with Gasteiger partial charge in [-0.15, -0.1) is 12.3 Å². The Morgan fingerprint density at radius 2 is 1.76 bits per heavy atom. The van der Waals surface area contributed by atoms with Gasteiger partial charge in [-0.25, -0.2) is 4.79 Å². The Balaban J connectivity index is 1.63. The number of rotatable bonds is 7. The molecule has 0 radical (unpaired) electrons. The molecule has 1 amide bonds. The van der Waals surface area contributed by atoms with Crippen LogP contribution in [-0.2, 0) is 4.79 Å². The molecule has 144 valence electrons. The summed E-state index contributed by atoms with van der Waals surface area (Å²) in [6.45, 7) is 0. The number of aromatic carboxylic acids is 1. The summed E-state index contributed by atoms with van der Waals surface area (Å²) in [6.07, 6.45) is 7.35. The number of carboxylic acids is 1. The molecule has 0 atom stereocenters. The van der Waals surface area contributed by atoms with Crippen molar-refractivity contribution >= 4 is 17.6 Å². The fourth-order valence-electron chi connectivity index (χ4n) is 2.73. The van der Waals surface area contributed by atoms with Crippen LogP contribution in [0.2, 0.25) is 0 Å². The summed E-state index contributed by atoms with van der Waals surface area (Å²) in [5.41, 5.74) is 1.70. The molecule has 6 heteroatoms. The molecule has 0 aliphatic carbocycles. The second-order valence-electron chi connectivity index (χ2n) is 6.61. The smallest absolute Gasteiger partial charge is 0.335 e. The van der Waals surface area contributed by atoms with Crippen molar-refractivity contribution in [3.8, 4) is 24.2 Å². The first-order valence-corrected chi connectivity index (χ1v) is 9.13. The first-order chi connectivity index (χ1) is 14.0. The maximum Gasteiger partial charge on any atom is 0.335 e. The molecular weight excluding hydrogens is 366 g/mol. The molecule has 0 saturated carbocycles. The zero-order valence-electron chi connectivity index (χ0n) is 15.7. The van der Waals surface area contributed by atoms with Gasteiger partial charge >= 0.3 is 5.97 Å². The highest BCUT2D eigenvalue weighted by Crippen LogP contribution is 2.37. The van der Waals surface area contributed by atoms with Crippen molar-refractivity contribution in [1.29, 1.82) is 0 Å². The number of hydrogen-bond donors (Lipinski definition) is 2. The van der Waals surface area contributed by atoms with Crippen molar-refractivity contribution in [3.63, 3.8) is 0 Å². The van der Waals surface area contributed by atoms with Gasteiger partial charge in [0.1, 0.15) is 0 Å². The van der Waals surface area contributed by atoms with E-state index in [9.17, 15) is 9.59 Å². The third kappa shape index (κ3) is 5.54. The minimum atomic E-state index is -0.981. The van der Waals surface area contributed by atoms with Gasteiger partial charge in [0, 0.05) is 36.8 Å². The number of nitrogens with one attached hydrogen (secondary N) is 1. The van der Waals surface area contributed by atoms with E-state index >= 15 is 0 Å². The lowest BCUT2D eigenvalue weighted by molar-refractivity contribution is -0.116. The second-order valence-corrected chi connectivity index (χ2v) is 6.61. The number of amides is 1. The van der Waals surface area contributed by atoms with E-state index in [0.717, 1.165) is 0 Å². The molecular formula is C23H19N3O3. The first kappa shape index (κ1) is 19.9. The molecule has 0 spiro atoms. The predicted octanol–water partition coefficient (Wildman–Crippen LogP) is 4.08. The number of para-hydroxylation sites is 1. The number of benzene rings is 2. The SMILES string of the molecule is C#CCCC1(CCC(=O)Nc2ccccc2C#Cc2ccc(C(=O)O)cc2)N=N1. The van der Waals surface area contributed by atoms with E-state index in [4.69, 9.17) is 11.5 Å². The van der Waals surface area contributed by atoms with Gasteiger partial charge in [0.25, 0.3) is 0 Å². The lowest BCUT2D eigenvalue weighted by Crippen LogP contribution is -2.18. The van der Waals surface area contributed by atoms with Crippen LogP contribution >= 0.6 is 0 Å². The third-order valence-electron chi connectivity index (χ3n) is 4.48. The van der Waals surface area contributed by atoms with Crippen molar-refractivity contribution in [2.45, 2.75) is 31.3 Å². The Morgan fingerprint density at radius 1 is 1.03 bits per heavy atom. The topological polar surface area (TPSA) is 91.1 Å². The fraction of sp³-hybridized carbons (Fsp3) is 0.217. The number of terminal acetylenes is 1. The van der Waals surface area contributed by atoms with E-state index in [-0.39, 0.29) is 17.9 Å². The molecule has 6 nitrogen and oxygen atoms in total. The first-order valence-electron chi connectivity index (χ1n) is 9.13. The lowest BCUT2D eigenvalue weighted by atomic mass is 10.0. The molecule has 29 heavy (non-hydrogen) atoms.